The zero-order valence-electron chi connectivity index (χ0n) is 22.2. The van der Waals surface area contributed by atoms with E-state index in [9.17, 15) is 19.2 Å². The first-order chi connectivity index (χ1) is 15.5. The predicted molar refractivity (Wildman–Crippen MR) is 129 cm³/mol. The summed E-state index contributed by atoms with van der Waals surface area (Å²) < 4.78 is 10.8. The van der Waals surface area contributed by atoms with E-state index in [0.717, 1.165) is 12.8 Å². The minimum atomic E-state index is -0.758. The molecule has 196 valence electrons. The summed E-state index contributed by atoms with van der Waals surface area (Å²) in [6, 6.07) is -0.682. The maximum atomic E-state index is 13.0. The number of rotatable bonds is 8. The maximum Gasteiger partial charge on any atom is 0.426 e. The summed E-state index contributed by atoms with van der Waals surface area (Å²) in [7, 11) is 0. The molecule has 0 radical (unpaired) electrons. The van der Waals surface area contributed by atoms with Crippen molar-refractivity contribution in [1.29, 1.82) is 0 Å². The number of hydrazine groups is 1. The quantitative estimate of drug-likeness (QED) is 0.357. The number of likely N-dealkylation sites (tertiary alicyclic amines) is 1. The van der Waals surface area contributed by atoms with Crippen LogP contribution in [0.5, 0.6) is 0 Å². The first-order valence-electron chi connectivity index (χ1n) is 12.0. The molecule has 1 heterocycles. The van der Waals surface area contributed by atoms with Crippen LogP contribution in [0.2, 0.25) is 0 Å². The lowest BCUT2D eigenvalue weighted by Crippen LogP contribution is -2.47. The number of carbonyl (C=O) groups is 4. The van der Waals surface area contributed by atoms with Crippen LogP contribution in [-0.2, 0) is 23.9 Å². The van der Waals surface area contributed by atoms with Crippen molar-refractivity contribution in [2.75, 3.05) is 13.1 Å². The van der Waals surface area contributed by atoms with Crippen molar-refractivity contribution in [3.63, 3.8) is 0 Å². The molecule has 1 aliphatic rings. The van der Waals surface area contributed by atoms with E-state index in [1.54, 1.807) is 41.5 Å². The summed E-state index contributed by atoms with van der Waals surface area (Å²) in [6.07, 6.45) is 1.29. The van der Waals surface area contributed by atoms with Gasteiger partial charge >= 0.3 is 12.1 Å². The molecule has 0 aromatic heterocycles. The minimum Gasteiger partial charge on any atom is -0.459 e. The summed E-state index contributed by atoms with van der Waals surface area (Å²) in [4.78, 5) is 51.2. The lowest BCUT2D eigenvalue weighted by molar-refractivity contribution is -0.160. The number of hydrogen-bond donors (Lipinski definition) is 3. The van der Waals surface area contributed by atoms with E-state index < -0.39 is 35.2 Å². The van der Waals surface area contributed by atoms with Gasteiger partial charge in [-0.25, -0.2) is 10.2 Å². The van der Waals surface area contributed by atoms with Gasteiger partial charge in [0.1, 0.15) is 17.2 Å². The third-order valence-corrected chi connectivity index (χ3v) is 5.41. The fourth-order valence-corrected chi connectivity index (χ4v) is 4.04. The Balaban J connectivity index is 2.96. The van der Waals surface area contributed by atoms with Gasteiger partial charge in [-0.2, -0.15) is 0 Å². The molecule has 1 saturated heterocycles. The predicted octanol–water partition coefficient (Wildman–Crippen LogP) is 2.52. The Kier molecular flexibility index (Phi) is 10.8. The van der Waals surface area contributed by atoms with Gasteiger partial charge in [0, 0.05) is 26.1 Å². The number of nitrogens with zero attached hydrogens (tertiary/aromatic N) is 1. The highest BCUT2D eigenvalue weighted by atomic mass is 16.6. The standard InChI is InChI=1S/C24H44N4O6/c1-10-11-17(15(2)25-16(3)29)13-28-14-18(12-19(28)21(31)33-23(4,5)6)20(30)26-27-22(32)34-24(7,8)9/h15,17-19H,10-14H2,1-9H3,(H,25,29)(H,26,30)(H,27,32)/t15?,17-,18?,19?/m0/s1. The zero-order chi connectivity index (χ0) is 26.3. The average molecular weight is 485 g/mol. The Morgan fingerprint density at radius 3 is 2.09 bits per heavy atom. The molecule has 3 amide bonds. The van der Waals surface area contributed by atoms with E-state index in [1.807, 2.05) is 11.8 Å². The van der Waals surface area contributed by atoms with Gasteiger partial charge in [0.05, 0.1) is 5.92 Å². The van der Waals surface area contributed by atoms with Crippen LogP contribution in [0.1, 0.15) is 81.6 Å². The Bertz CT molecular complexity index is 728. The van der Waals surface area contributed by atoms with Gasteiger partial charge in [-0.3, -0.25) is 24.7 Å². The van der Waals surface area contributed by atoms with Crippen LogP contribution in [0, 0.1) is 11.8 Å². The van der Waals surface area contributed by atoms with Crippen molar-refractivity contribution < 1.29 is 28.7 Å². The van der Waals surface area contributed by atoms with E-state index in [2.05, 4.69) is 23.1 Å². The monoisotopic (exact) mass is 484 g/mol. The molecule has 1 fully saturated rings. The first-order valence-corrected chi connectivity index (χ1v) is 12.0. The van der Waals surface area contributed by atoms with E-state index in [1.165, 1.54) is 6.92 Å². The van der Waals surface area contributed by atoms with E-state index in [-0.39, 0.29) is 30.3 Å². The summed E-state index contributed by atoms with van der Waals surface area (Å²) in [5.41, 5.74) is 3.32. The van der Waals surface area contributed by atoms with E-state index in [0.29, 0.717) is 13.1 Å². The van der Waals surface area contributed by atoms with Gasteiger partial charge in [0.15, 0.2) is 0 Å². The summed E-state index contributed by atoms with van der Waals surface area (Å²) >= 11 is 0. The molecule has 0 spiro atoms. The molecule has 0 bridgehead atoms. The number of carbonyl (C=O) groups excluding carboxylic acids is 4. The lowest BCUT2D eigenvalue weighted by Gasteiger charge is -2.32. The van der Waals surface area contributed by atoms with Crippen LogP contribution < -0.4 is 16.2 Å². The van der Waals surface area contributed by atoms with Gasteiger partial charge in [0.2, 0.25) is 11.8 Å². The number of nitrogens with one attached hydrogen (secondary N) is 3. The number of ether oxygens (including phenoxy) is 2. The van der Waals surface area contributed by atoms with Crippen LogP contribution in [-0.4, -0.2) is 65.2 Å². The third-order valence-electron chi connectivity index (χ3n) is 5.41. The van der Waals surface area contributed by atoms with Gasteiger partial charge in [-0.1, -0.05) is 13.3 Å². The molecule has 10 heteroatoms. The van der Waals surface area contributed by atoms with Gasteiger partial charge in [0.25, 0.3) is 0 Å². The summed E-state index contributed by atoms with van der Waals surface area (Å²) in [5, 5.41) is 2.95. The Morgan fingerprint density at radius 2 is 1.59 bits per heavy atom. The van der Waals surface area contributed by atoms with Crippen LogP contribution in [0.25, 0.3) is 0 Å². The summed E-state index contributed by atoms with van der Waals surface area (Å²) in [5.74, 6) is -1.32. The van der Waals surface area contributed by atoms with Crippen molar-refractivity contribution in [2.45, 2.75) is 105 Å². The SMILES string of the molecule is CCC[C@@H](CN1CC(C(=O)NNC(=O)OC(C)(C)C)CC1C(=O)OC(C)(C)C)C(C)NC(C)=O. The van der Waals surface area contributed by atoms with Crippen LogP contribution >= 0.6 is 0 Å². The molecule has 0 aromatic rings. The number of amides is 3. The Morgan fingerprint density at radius 1 is 1.00 bits per heavy atom. The van der Waals surface area contributed by atoms with Crippen molar-refractivity contribution in [3.8, 4) is 0 Å². The molecule has 1 rings (SSSR count). The zero-order valence-corrected chi connectivity index (χ0v) is 22.2. The highest BCUT2D eigenvalue weighted by molar-refractivity contribution is 5.84. The fourth-order valence-electron chi connectivity index (χ4n) is 4.04. The number of esters is 1. The van der Waals surface area contributed by atoms with Gasteiger partial charge < -0.3 is 14.8 Å². The van der Waals surface area contributed by atoms with Crippen LogP contribution in [0.4, 0.5) is 4.79 Å². The largest absolute Gasteiger partial charge is 0.459 e. The molecule has 10 nitrogen and oxygen atoms in total. The fraction of sp³-hybridized carbons (Fsp3) is 0.833. The van der Waals surface area contributed by atoms with Crippen molar-refractivity contribution in [2.24, 2.45) is 11.8 Å². The summed E-state index contributed by atoms with van der Waals surface area (Å²) in [6.45, 7) is 17.0. The molecule has 3 N–H and O–H groups in total. The van der Waals surface area contributed by atoms with Gasteiger partial charge in [-0.15, -0.1) is 0 Å². The van der Waals surface area contributed by atoms with Crippen LogP contribution in [0.15, 0.2) is 0 Å². The van der Waals surface area contributed by atoms with E-state index >= 15 is 0 Å². The molecule has 4 atom stereocenters. The molecule has 0 aromatic carbocycles. The smallest absolute Gasteiger partial charge is 0.426 e. The molecule has 1 aliphatic heterocycles. The maximum absolute atomic E-state index is 13.0. The Labute approximate surface area is 203 Å². The van der Waals surface area contributed by atoms with Crippen molar-refractivity contribution >= 4 is 23.9 Å². The second-order valence-electron chi connectivity index (χ2n) is 11.1. The topological polar surface area (TPSA) is 126 Å². The molecule has 3 unspecified atom stereocenters. The molecular weight excluding hydrogens is 440 g/mol. The second kappa shape index (κ2) is 12.4. The third kappa shape index (κ3) is 10.7. The highest BCUT2D eigenvalue weighted by Gasteiger charge is 2.43. The minimum absolute atomic E-state index is 0.0848. The highest BCUT2D eigenvalue weighted by Crippen LogP contribution is 2.28. The van der Waals surface area contributed by atoms with Crippen molar-refractivity contribution in [1.82, 2.24) is 21.1 Å². The number of hydrogen-bond acceptors (Lipinski definition) is 7. The normalized spacial score (nSPS) is 20.7. The molecule has 34 heavy (non-hydrogen) atoms. The average Bonchev–Trinajstić information content (AvgIpc) is 3.06. The van der Waals surface area contributed by atoms with Crippen LogP contribution in [0.3, 0.4) is 0 Å². The molecule has 0 aliphatic carbocycles. The van der Waals surface area contributed by atoms with Gasteiger partial charge in [-0.05, 0) is 67.2 Å². The molecule has 0 saturated carbocycles. The lowest BCUT2D eigenvalue weighted by atomic mass is 9.95. The molecular formula is C24H44N4O6. The van der Waals surface area contributed by atoms with Crippen molar-refractivity contribution in [3.05, 3.63) is 0 Å². The Hall–Kier alpha value is -2.36. The van der Waals surface area contributed by atoms with E-state index in [4.69, 9.17) is 9.47 Å². The first kappa shape index (κ1) is 29.7. The second-order valence-corrected chi connectivity index (χ2v) is 11.1.